The summed E-state index contributed by atoms with van der Waals surface area (Å²) in [7, 11) is 1.69. The quantitative estimate of drug-likeness (QED) is 0.928. The standard InChI is InChI=1S/C15H22N2O4/c1-10-4-6-17(13(8-10)14(18)19)15(20)16(3)9-12-5-7-21-11(12)2/h5,7,10,13H,4,6,8-9H2,1-3H3,(H,18,19). The van der Waals surface area contributed by atoms with Crippen molar-refractivity contribution in [3.63, 3.8) is 0 Å². The number of carboxylic acids is 1. The number of aryl methyl sites for hydroxylation is 1. The maximum absolute atomic E-state index is 12.5. The van der Waals surface area contributed by atoms with Crippen LogP contribution in [0.3, 0.4) is 0 Å². The fourth-order valence-corrected chi connectivity index (χ4v) is 2.72. The zero-order chi connectivity index (χ0) is 15.6. The third kappa shape index (κ3) is 3.37. The van der Waals surface area contributed by atoms with Crippen molar-refractivity contribution < 1.29 is 19.1 Å². The van der Waals surface area contributed by atoms with E-state index in [0.717, 1.165) is 17.7 Å². The first-order valence-corrected chi connectivity index (χ1v) is 7.17. The van der Waals surface area contributed by atoms with Crippen LogP contribution in [0.15, 0.2) is 16.7 Å². The van der Waals surface area contributed by atoms with Crippen molar-refractivity contribution in [1.82, 2.24) is 9.80 Å². The summed E-state index contributed by atoms with van der Waals surface area (Å²) in [6, 6.07) is 0.857. The van der Waals surface area contributed by atoms with Crippen LogP contribution in [0.4, 0.5) is 4.79 Å². The lowest BCUT2D eigenvalue weighted by atomic mass is 9.92. The van der Waals surface area contributed by atoms with Gasteiger partial charge >= 0.3 is 12.0 Å². The Morgan fingerprint density at radius 3 is 2.81 bits per heavy atom. The summed E-state index contributed by atoms with van der Waals surface area (Å²) in [6.45, 7) is 4.78. The van der Waals surface area contributed by atoms with E-state index >= 15 is 0 Å². The molecule has 0 aliphatic carbocycles. The molecule has 6 heteroatoms. The molecule has 1 aromatic rings. The largest absolute Gasteiger partial charge is 0.480 e. The lowest BCUT2D eigenvalue weighted by molar-refractivity contribution is -0.144. The number of carbonyl (C=O) groups excluding carboxylic acids is 1. The highest BCUT2D eigenvalue weighted by Gasteiger charge is 2.36. The van der Waals surface area contributed by atoms with Gasteiger partial charge in [0.05, 0.1) is 12.8 Å². The SMILES string of the molecule is Cc1occc1CN(C)C(=O)N1CCC(C)CC1C(=O)O. The van der Waals surface area contributed by atoms with Gasteiger partial charge in [0.15, 0.2) is 0 Å². The van der Waals surface area contributed by atoms with Crippen LogP contribution in [0, 0.1) is 12.8 Å². The number of nitrogens with zero attached hydrogens (tertiary/aromatic N) is 2. The predicted octanol–water partition coefficient (Wildman–Crippen LogP) is 2.32. The summed E-state index contributed by atoms with van der Waals surface area (Å²) in [5.74, 6) is 0.177. The molecule has 1 aliphatic rings. The molecular formula is C15H22N2O4. The number of piperidine rings is 1. The fourth-order valence-electron chi connectivity index (χ4n) is 2.72. The molecule has 0 radical (unpaired) electrons. The molecule has 6 nitrogen and oxygen atoms in total. The Labute approximate surface area is 124 Å². The Morgan fingerprint density at radius 2 is 2.24 bits per heavy atom. The van der Waals surface area contributed by atoms with Crippen molar-refractivity contribution in [2.45, 2.75) is 39.3 Å². The summed E-state index contributed by atoms with van der Waals surface area (Å²) < 4.78 is 5.22. The fraction of sp³-hybridized carbons (Fsp3) is 0.600. The highest BCUT2D eigenvalue weighted by atomic mass is 16.4. The number of carbonyl (C=O) groups is 2. The van der Waals surface area contributed by atoms with Gasteiger partial charge in [-0.2, -0.15) is 0 Å². The third-order valence-corrected chi connectivity index (χ3v) is 4.10. The van der Waals surface area contributed by atoms with Gasteiger partial charge in [0.25, 0.3) is 0 Å². The predicted molar refractivity (Wildman–Crippen MR) is 76.8 cm³/mol. The second-order valence-corrected chi connectivity index (χ2v) is 5.82. The number of aliphatic carboxylic acids is 1. The van der Waals surface area contributed by atoms with Gasteiger partial charge < -0.3 is 19.3 Å². The average molecular weight is 294 g/mol. The molecule has 2 rings (SSSR count). The number of urea groups is 1. The second-order valence-electron chi connectivity index (χ2n) is 5.82. The number of carboxylic acid groups (broad SMARTS) is 1. The number of likely N-dealkylation sites (tertiary alicyclic amines) is 1. The minimum atomic E-state index is -0.928. The van der Waals surface area contributed by atoms with Crippen LogP contribution < -0.4 is 0 Å². The molecule has 116 valence electrons. The number of hydrogen-bond donors (Lipinski definition) is 1. The van der Waals surface area contributed by atoms with Crippen molar-refractivity contribution in [2.75, 3.05) is 13.6 Å². The van der Waals surface area contributed by atoms with Crippen LogP contribution in [0.5, 0.6) is 0 Å². The molecule has 0 spiro atoms. The van der Waals surface area contributed by atoms with Gasteiger partial charge in [-0.05, 0) is 31.7 Å². The van der Waals surface area contributed by atoms with E-state index < -0.39 is 12.0 Å². The zero-order valence-corrected chi connectivity index (χ0v) is 12.7. The minimum absolute atomic E-state index is 0.241. The van der Waals surface area contributed by atoms with Crippen LogP contribution in [-0.4, -0.2) is 46.5 Å². The first kappa shape index (κ1) is 15.4. The highest BCUT2D eigenvalue weighted by Crippen LogP contribution is 2.24. The van der Waals surface area contributed by atoms with Gasteiger partial charge in [-0.3, -0.25) is 0 Å². The molecular weight excluding hydrogens is 272 g/mol. The average Bonchev–Trinajstić information content (AvgIpc) is 2.83. The summed E-state index contributed by atoms with van der Waals surface area (Å²) in [5, 5.41) is 9.33. The molecule has 1 saturated heterocycles. The van der Waals surface area contributed by atoms with E-state index in [1.165, 1.54) is 4.90 Å². The Kier molecular flexibility index (Phi) is 4.55. The molecule has 1 N–H and O–H groups in total. The van der Waals surface area contributed by atoms with E-state index in [0.29, 0.717) is 25.4 Å². The first-order valence-electron chi connectivity index (χ1n) is 7.17. The Morgan fingerprint density at radius 1 is 1.52 bits per heavy atom. The number of hydrogen-bond acceptors (Lipinski definition) is 3. The highest BCUT2D eigenvalue weighted by molar-refractivity contribution is 5.82. The van der Waals surface area contributed by atoms with Crippen LogP contribution in [0.1, 0.15) is 31.1 Å². The summed E-state index contributed by atoms with van der Waals surface area (Å²) in [6.07, 6.45) is 2.94. The molecule has 1 aromatic heterocycles. The molecule has 2 amide bonds. The Balaban J connectivity index is 2.06. The van der Waals surface area contributed by atoms with E-state index in [1.54, 1.807) is 18.2 Å². The van der Waals surface area contributed by atoms with Gasteiger partial charge in [0.2, 0.25) is 0 Å². The van der Waals surface area contributed by atoms with Crippen molar-refractivity contribution in [1.29, 1.82) is 0 Å². The van der Waals surface area contributed by atoms with E-state index in [9.17, 15) is 14.7 Å². The lowest BCUT2D eigenvalue weighted by Gasteiger charge is -2.38. The molecule has 2 unspecified atom stereocenters. The molecule has 0 aromatic carbocycles. The number of amides is 2. The van der Waals surface area contributed by atoms with Crippen molar-refractivity contribution >= 4 is 12.0 Å². The monoisotopic (exact) mass is 294 g/mol. The molecule has 1 aliphatic heterocycles. The van der Waals surface area contributed by atoms with Crippen LogP contribution in [-0.2, 0) is 11.3 Å². The maximum Gasteiger partial charge on any atom is 0.326 e. The van der Waals surface area contributed by atoms with E-state index in [2.05, 4.69) is 0 Å². The molecule has 21 heavy (non-hydrogen) atoms. The molecule has 2 atom stereocenters. The number of furan rings is 1. The number of rotatable bonds is 3. The van der Waals surface area contributed by atoms with Gasteiger partial charge in [0.1, 0.15) is 11.8 Å². The Hall–Kier alpha value is -1.98. The van der Waals surface area contributed by atoms with Gasteiger partial charge in [-0.15, -0.1) is 0 Å². The summed E-state index contributed by atoms with van der Waals surface area (Å²) >= 11 is 0. The van der Waals surface area contributed by atoms with Gasteiger partial charge in [-0.1, -0.05) is 6.92 Å². The zero-order valence-electron chi connectivity index (χ0n) is 12.7. The van der Waals surface area contributed by atoms with E-state index in [-0.39, 0.29) is 6.03 Å². The van der Waals surface area contributed by atoms with Crippen molar-refractivity contribution in [3.8, 4) is 0 Å². The van der Waals surface area contributed by atoms with Gasteiger partial charge in [0, 0.05) is 19.2 Å². The minimum Gasteiger partial charge on any atom is -0.480 e. The Bertz CT molecular complexity index is 525. The van der Waals surface area contributed by atoms with Crippen LogP contribution in [0.25, 0.3) is 0 Å². The molecule has 0 bridgehead atoms. The van der Waals surface area contributed by atoms with Crippen LogP contribution in [0.2, 0.25) is 0 Å². The van der Waals surface area contributed by atoms with E-state index in [1.807, 2.05) is 19.9 Å². The summed E-state index contributed by atoms with van der Waals surface area (Å²) in [5.41, 5.74) is 0.933. The third-order valence-electron chi connectivity index (χ3n) is 4.10. The topological polar surface area (TPSA) is 74.0 Å². The normalized spacial score (nSPS) is 22.1. The van der Waals surface area contributed by atoms with E-state index in [4.69, 9.17) is 4.42 Å². The smallest absolute Gasteiger partial charge is 0.326 e. The van der Waals surface area contributed by atoms with Gasteiger partial charge in [-0.25, -0.2) is 9.59 Å². The second kappa shape index (κ2) is 6.20. The first-order chi connectivity index (χ1) is 9.90. The lowest BCUT2D eigenvalue weighted by Crippen LogP contribution is -2.53. The van der Waals surface area contributed by atoms with Crippen molar-refractivity contribution in [3.05, 3.63) is 23.7 Å². The molecule has 1 fully saturated rings. The maximum atomic E-state index is 12.5. The van der Waals surface area contributed by atoms with Crippen LogP contribution >= 0.6 is 0 Å². The molecule has 0 saturated carbocycles. The molecule has 2 heterocycles. The van der Waals surface area contributed by atoms with Crippen molar-refractivity contribution in [2.24, 2.45) is 5.92 Å². The summed E-state index contributed by atoms with van der Waals surface area (Å²) in [4.78, 5) is 26.9.